The molecule has 0 N–H and O–H groups in total. The average molecular weight is 279 g/mol. The molecule has 106 valence electrons. The van der Waals surface area contributed by atoms with Gasteiger partial charge in [0.15, 0.2) is 5.78 Å². The number of carbonyl (C=O) groups excluding carboxylic acids is 2. The number of fused-ring (bicyclic) bond motifs is 1. The van der Waals surface area contributed by atoms with Crippen LogP contribution in [0.5, 0.6) is 0 Å². The summed E-state index contributed by atoms with van der Waals surface area (Å²) in [6.45, 7) is 3.87. The summed E-state index contributed by atoms with van der Waals surface area (Å²) in [7, 11) is 0. The second-order valence-corrected chi connectivity index (χ2v) is 5.54. The Kier molecular flexibility index (Phi) is 3.34. The Morgan fingerprint density at radius 3 is 2.57 bits per heavy atom. The SMILES string of the molecule is Cc1ccc2c(c1)C(=O)C[C@@H](C)N2C(=O)c1ccccc1. The van der Waals surface area contributed by atoms with E-state index < -0.39 is 0 Å². The van der Waals surface area contributed by atoms with Crippen molar-refractivity contribution in [2.24, 2.45) is 0 Å². The fourth-order valence-corrected chi connectivity index (χ4v) is 2.82. The van der Waals surface area contributed by atoms with Crippen molar-refractivity contribution in [2.45, 2.75) is 26.3 Å². The van der Waals surface area contributed by atoms with Crippen molar-refractivity contribution in [1.82, 2.24) is 0 Å². The standard InChI is InChI=1S/C18H17NO2/c1-12-8-9-16-15(10-12)17(20)11-13(2)19(16)18(21)14-6-4-3-5-7-14/h3-10,13H,11H2,1-2H3/t13-/m1/s1. The van der Waals surface area contributed by atoms with E-state index in [1.807, 2.05) is 50.2 Å². The van der Waals surface area contributed by atoms with Gasteiger partial charge in [0.2, 0.25) is 0 Å². The highest BCUT2D eigenvalue weighted by Crippen LogP contribution is 2.32. The van der Waals surface area contributed by atoms with Gasteiger partial charge in [-0.15, -0.1) is 0 Å². The summed E-state index contributed by atoms with van der Waals surface area (Å²) in [5.41, 5.74) is 3.05. The van der Waals surface area contributed by atoms with Gasteiger partial charge in [0.1, 0.15) is 0 Å². The summed E-state index contributed by atoms with van der Waals surface area (Å²) in [6.07, 6.45) is 0.370. The van der Waals surface area contributed by atoms with Crippen LogP contribution < -0.4 is 4.90 Å². The Labute approximate surface area is 124 Å². The molecular weight excluding hydrogens is 262 g/mol. The van der Waals surface area contributed by atoms with Crippen molar-refractivity contribution in [3.63, 3.8) is 0 Å². The minimum Gasteiger partial charge on any atom is -0.304 e. The van der Waals surface area contributed by atoms with Gasteiger partial charge in [-0.2, -0.15) is 0 Å². The van der Waals surface area contributed by atoms with E-state index in [1.165, 1.54) is 0 Å². The van der Waals surface area contributed by atoms with E-state index in [0.29, 0.717) is 17.5 Å². The van der Waals surface area contributed by atoms with Crippen LogP contribution in [-0.4, -0.2) is 17.7 Å². The Hall–Kier alpha value is -2.42. The molecule has 0 spiro atoms. The van der Waals surface area contributed by atoms with E-state index >= 15 is 0 Å². The molecule has 0 radical (unpaired) electrons. The first-order valence-corrected chi connectivity index (χ1v) is 7.10. The summed E-state index contributed by atoms with van der Waals surface area (Å²) in [5.74, 6) is 0.0546. The molecule has 21 heavy (non-hydrogen) atoms. The highest BCUT2D eigenvalue weighted by atomic mass is 16.2. The van der Waals surface area contributed by atoms with E-state index in [1.54, 1.807) is 17.0 Å². The van der Waals surface area contributed by atoms with Crippen molar-refractivity contribution in [3.8, 4) is 0 Å². The monoisotopic (exact) mass is 279 g/mol. The molecule has 2 aromatic rings. The molecule has 1 atom stereocenters. The number of rotatable bonds is 1. The maximum absolute atomic E-state index is 12.8. The second-order valence-electron chi connectivity index (χ2n) is 5.54. The van der Waals surface area contributed by atoms with Crippen LogP contribution in [-0.2, 0) is 0 Å². The molecule has 3 heteroatoms. The largest absolute Gasteiger partial charge is 0.304 e. The maximum Gasteiger partial charge on any atom is 0.258 e. The number of ketones is 1. The molecule has 0 saturated carbocycles. The molecule has 0 saturated heterocycles. The number of carbonyl (C=O) groups is 2. The molecule has 2 aromatic carbocycles. The molecule has 1 amide bonds. The summed E-state index contributed by atoms with van der Waals surface area (Å²) >= 11 is 0. The van der Waals surface area contributed by atoms with Crippen molar-refractivity contribution < 1.29 is 9.59 Å². The van der Waals surface area contributed by atoms with Gasteiger partial charge in [-0.3, -0.25) is 9.59 Å². The first-order chi connectivity index (χ1) is 10.1. The van der Waals surface area contributed by atoms with Crippen LogP contribution in [0.4, 0.5) is 5.69 Å². The Balaban J connectivity index is 2.09. The lowest BCUT2D eigenvalue weighted by Crippen LogP contribution is -2.44. The van der Waals surface area contributed by atoms with Crippen molar-refractivity contribution in [1.29, 1.82) is 0 Å². The Morgan fingerprint density at radius 1 is 1.14 bits per heavy atom. The van der Waals surface area contributed by atoms with Crippen molar-refractivity contribution >= 4 is 17.4 Å². The molecule has 0 aromatic heterocycles. The van der Waals surface area contributed by atoms with Crippen molar-refractivity contribution in [3.05, 3.63) is 65.2 Å². The number of anilines is 1. The number of benzene rings is 2. The first-order valence-electron chi connectivity index (χ1n) is 7.10. The van der Waals surface area contributed by atoms with Gasteiger partial charge in [0.05, 0.1) is 5.69 Å². The minimum absolute atomic E-state index is 0.0549. The lowest BCUT2D eigenvalue weighted by molar-refractivity contribution is 0.0936. The smallest absolute Gasteiger partial charge is 0.258 e. The third-order valence-corrected chi connectivity index (χ3v) is 3.87. The van der Waals surface area contributed by atoms with Crippen LogP contribution in [0.25, 0.3) is 0 Å². The quantitative estimate of drug-likeness (QED) is 0.799. The zero-order valence-electron chi connectivity index (χ0n) is 12.2. The van der Waals surface area contributed by atoms with Gasteiger partial charge in [-0.05, 0) is 38.1 Å². The van der Waals surface area contributed by atoms with Crippen molar-refractivity contribution in [2.75, 3.05) is 4.90 Å². The van der Waals surface area contributed by atoms with Crippen LogP contribution >= 0.6 is 0 Å². The summed E-state index contributed by atoms with van der Waals surface area (Å²) < 4.78 is 0. The summed E-state index contributed by atoms with van der Waals surface area (Å²) in [5, 5.41) is 0. The summed E-state index contributed by atoms with van der Waals surface area (Å²) in [4.78, 5) is 26.7. The van der Waals surface area contributed by atoms with Crippen LogP contribution in [0.1, 0.15) is 39.6 Å². The number of nitrogens with zero attached hydrogens (tertiary/aromatic N) is 1. The zero-order valence-corrected chi connectivity index (χ0v) is 12.2. The minimum atomic E-state index is -0.125. The molecule has 1 aliphatic heterocycles. The van der Waals surface area contributed by atoms with E-state index in [2.05, 4.69) is 0 Å². The molecule has 1 aliphatic rings. The highest BCUT2D eigenvalue weighted by Gasteiger charge is 2.33. The third kappa shape index (κ3) is 2.35. The number of Topliss-reactive ketones (excluding diaryl/α,β-unsaturated/α-hetero) is 1. The van der Waals surface area contributed by atoms with E-state index in [9.17, 15) is 9.59 Å². The fraction of sp³-hybridized carbons (Fsp3) is 0.222. The number of aryl methyl sites for hydroxylation is 1. The topological polar surface area (TPSA) is 37.4 Å². The van der Waals surface area contributed by atoms with E-state index in [0.717, 1.165) is 11.3 Å². The van der Waals surface area contributed by atoms with Gasteiger partial charge >= 0.3 is 0 Å². The summed E-state index contributed by atoms with van der Waals surface area (Å²) in [6, 6.07) is 14.8. The Bertz CT molecular complexity index is 706. The van der Waals surface area contributed by atoms with Crippen LogP contribution in [0.2, 0.25) is 0 Å². The predicted molar refractivity (Wildman–Crippen MR) is 82.8 cm³/mol. The first kappa shape index (κ1) is 13.6. The highest BCUT2D eigenvalue weighted by molar-refractivity contribution is 6.14. The molecule has 0 aliphatic carbocycles. The number of hydrogen-bond acceptors (Lipinski definition) is 2. The third-order valence-electron chi connectivity index (χ3n) is 3.87. The number of amides is 1. The second kappa shape index (κ2) is 5.17. The van der Waals surface area contributed by atoms with Crippen LogP contribution in [0.15, 0.2) is 48.5 Å². The van der Waals surface area contributed by atoms with Gasteiger partial charge in [-0.25, -0.2) is 0 Å². The fourth-order valence-electron chi connectivity index (χ4n) is 2.82. The zero-order chi connectivity index (χ0) is 15.0. The average Bonchev–Trinajstić information content (AvgIpc) is 2.48. The molecule has 3 nitrogen and oxygen atoms in total. The lowest BCUT2D eigenvalue weighted by Gasteiger charge is -2.34. The lowest BCUT2D eigenvalue weighted by atomic mass is 9.93. The molecule has 0 unspecified atom stereocenters. The predicted octanol–water partition coefficient (Wildman–Crippen LogP) is 3.62. The molecular formula is C18H17NO2. The molecule has 1 heterocycles. The van der Waals surface area contributed by atoms with Gasteiger partial charge < -0.3 is 4.90 Å². The normalized spacial score (nSPS) is 17.5. The molecule has 0 bridgehead atoms. The van der Waals surface area contributed by atoms with Crippen LogP contribution in [0, 0.1) is 6.92 Å². The van der Waals surface area contributed by atoms with Gasteiger partial charge in [0, 0.05) is 23.6 Å². The van der Waals surface area contributed by atoms with Crippen LogP contribution in [0.3, 0.4) is 0 Å². The van der Waals surface area contributed by atoms with E-state index in [-0.39, 0.29) is 17.7 Å². The maximum atomic E-state index is 12.8. The van der Waals surface area contributed by atoms with Gasteiger partial charge in [-0.1, -0.05) is 29.8 Å². The molecule has 0 fully saturated rings. The van der Waals surface area contributed by atoms with E-state index in [4.69, 9.17) is 0 Å². The molecule has 3 rings (SSSR count). The Morgan fingerprint density at radius 2 is 1.86 bits per heavy atom. The van der Waals surface area contributed by atoms with Gasteiger partial charge in [0.25, 0.3) is 5.91 Å². The number of hydrogen-bond donors (Lipinski definition) is 0.